The summed E-state index contributed by atoms with van der Waals surface area (Å²) in [6.45, 7) is 2.52. The Morgan fingerprint density at radius 3 is 2.57 bits per heavy atom. The topological polar surface area (TPSA) is 84.9 Å². The van der Waals surface area contributed by atoms with Crippen LogP contribution in [0.15, 0.2) is 47.4 Å². The summed E-state index contributed by atoms with van der Waals surface area (Å²) in [6, 6.07) is 12.2. The summed E-state index contributed by atoms with van der Waals surface area (Å²) in [7, 11) is -3.68. The summed E-state index contributed by atoms with van der Waals surface area (Å²) in [5.41, 5.74) is 1.01. The molecule has 7 nitrogen and oxygen atoms in total. The Labute approximate surface area is 169 Å². The van der Waals surface area contributed by atoms with Crippen LogP contribution in [0.5, 0.6) is 11.5 Å². The van der Waals surface area contributed by atoms with Gasteiger partial charge in [-0.2, -0.15) is 0 Å². The summed E-state index contributed by atoms with van der Waals surface area (Å²) in [5, 5.41) is 2.81. The van der Waals surface area contributed by atoms with Crippen LogP contribution in [0.4, 0.5) is 11.4 Å². The molecule has 0 aliphatic carbocycles. The van der Waals surface area contributed by atoms with Gasteiger partial charge in [0.05, 0.1) is 17.6 Å². The van der Waals surface area contributed by atoms with E-state index in [4.69, 9.17) is 9.47 Å². The van der Waals surface area contributed by atoms with Crippen LogP contribution >= 0.6 is 11.8 Å². The zero-order chi connectivity index (χ0) is 20.1. The number of hydrogen-bond donors (Lipinski definition) is 1. The van der Waals surface area contributed by atoms with Crippen LogP contribution in [0.25, 0.3) is 0 Å². The van der Waals surface area contributed by atoms with E-state index in [-0.39, 0.29) is 6.54 Å². The molecule has 2 aromatic carbocycles. The largest absolute Gasteiger partial charge is 0.486 e. The lowest BCUT2D eigenvalue weighted by Gasteiger charge is -2.25. The van der Waals surface area contributed by atoms with Crippen molar-refractivity contribution in [3.8, 4) is 11.5 Å². The van der Waals surface area contributed by atoms with Gasteiger partial charge >= 0.3 is 0 Å². The van der Waals surface area contributed by atoms with Crippen LogP contribution in [0, 0.1) is 0 Å². The molecule has 0 saturated heterocycles. The summed E-state index contributed by atoms with van der Waals surface area (Å²) in [4.78, 5) is 13.5. The molecule has 0 fully saturated rings. The lowest BCUT2D eigenvalue weighted by atomic mass is 10.2. The Morgan fingerprint density at radius 2 is 1.86 bits per heavy atom. The van der Waals surface area contributed by atoms with E-state index >= 15 is 0 Å². The second-order valence-electron chi connectivity index (χ2n) is 6.07. The number of rotatable bonds is 7. The fourth-order valence-corrected chi connectivity index (χ4v) is 4.37. The van der Waals surface area contributed by atoms with Crippen molar-refractivity contribution in [3.63, 3.8) is 0 Å². The van der Waals surface area contributed by atoms with Gasteiger partial charge < -0.3 is 14.8 Å². The summed E-state index contributed by atoms with van der Waals surface area (Å²) in [6.07, 6.45) is 1.07. The van der Waals surface area contributed by atoms with E-state index < -0.39 is 15.9 Å². The number of hydrogen-bond acceptors (Lipinski definition) is 6. The van der Waals surface area contributed by atoms with Crippen LogP contribution in [0.2, 0.25) is 0 Å². The van der Waals surface area contributed by atoms with E-state index in [1.165, 1.54) is 0 Å². The molecule has 3 rings (SSSR count). The van der Waals surface area contributed by atoms with Crippen LogP contribution < -0.4 is 19.1 Å². The van der Waals surface area contributed by atoms with Gasteiger partial charge in [0.15, 0.2) is 11.5 Å². The highest BCUT2D eigenvalue weighted by Crippen LogP contribution is 2.34. The van der Waals surface area contributed by atoms with E-state index in [0.29, 0.717) is 36.1 Å². The molecule has 1 heterocycles. The molecular weight excluding hydrogens is 400 g/mol. The first-order valence-electron chi connectivity index (χ1n) is 8.77. The first-order chi connectivity index (χ1) is 13.4. The molecule has 9 heteroatoms. The number of carbonyl (C=O) groups is 1. The first-order valence-corrected chi connectivity index (χ1v) is 11.6. The lowest BCUT2D eigenvalue weighted by molar-refractivity contribution is -0.114. The number of nitrogens with one attached hydrogen (secondary N) is 1. The van der Waals surface area contributed by atoms with Gasteiger partial charge in [-0.1, -0.05) is 19.1 Å². The van der Waals surface area contributed by atoms with E-state index in [0.717, 1.165) is 21.2 Å². The zero-order valence-corrected chi connectivity index (χ0v) is 17.3. The smallest absolute Gasteiger partial charge is 0.245 e. The van der Waals surface area contributed by atoms with E-state index in [9.17, 15) is 13.2 Å². The predicted octanol–water partition coefficient (Wildman–Crippen LogP) is 2.97. The monoisotopic (exact) mass is 422 g/mol. The van der Waals surface area contributed by atoms with Gasteiger partial charge in [-0.3, -0.25) is 9.10 Å². The van der Waals surface area contributed by atoms with Crippen LogP contribution in [-0.4, -0.2) is 46.1 Å². The minimum atomic E-state index is -3.68. The van der Waals surface area contributed by atoms with E-state index in [2.05, 4.69) is 5.32 Å². The Hall–Kier alpha value is -2.39. The third kappa shape index (κ3) is 4.90. The maximum atomic E-state index is 12.6. The molecule has 0 spiro atoms. The zero-order valence-electron chi connectivity index (χ0n) is 15.7. The molecule has 0 unspecified atom stereocenters. The molecule has 0 radical (unpaired) electrons. The highest BCUT2D eigenvalue weighted by Gasteiger charge is 2.23. The van der Waals surface area contributed by atoms with E-state index in [1.807, 2.05) is 25.1 Å². The molecule has 2 aromatic rings. The molecule has 1 aliphatic rings. The number of amides is 1. The SMILES string of the molecule is CCSc1ccccc1NC(=O)CN(c1ccc2c(c1)OCCO2)S(C)(=O)=O. The first kappa shape index (κ1) is 20.3. The van der Waals surface area contributed by atoms with Crippen LogP contribution in [-0.2, 0) is 14.8 Å². The molecule has 0 saturated carbocycles. The number of carbonyl (C=O) groups excluding carboxylic acids is 1. The molecule has 150 valence electrons. The fraction of sp³-hybridized carbons (Fsp3) is 0.316. The highest BCUT2D eigenvalue weighted by molar-refractivity contribution is 7.99. The standard InChI is InChI=1S/C19H22N2O5S2/c1-3-27-18-7-5-4-6-15(18)20-19(22)13-21(28(2,23)24)14-8-9-16-17(12-14)26-11-10-25-16/h4-9,12H,3,10-11,13H2,1-2H3,(H,20,22). The van der Waals surface area contributed by atoms with Crippen molar-refractivity contribution in [1.82, 2.24) is 0 Å². The van der Waals surface area contributed by atoms with Crippen molar-refractivity contribution in [3.05, 3.63) is 42.5 Å². The lowest BCUT2D eigenvalue weighted by Crippen LogP contribution is -2.37. The van der Waals surface area contributed by atoms with Crippen molar-refractivity contribution in [1.29, 1.82) is 0 Å². The molecule has 0 aromatic heterocycles. The number of thioether (sulfide) groups is 1. The van der Waals surface area contributed by atoms with Crippen molar-refractivity contribution >= 4 is 39.1 Å². The molecule has 1 N–H and O–H groups in total. The molecular formula is C19H22N2O5S2. The van der Waals surface area contributed by atoms with Gasteiger partial charge in [0, 0.05) is 11.0 Å². The van der Waals surface area contributed by atoms with Gasteiger partial charge in [-0.05, 0) is 30.0 Å². The summed E-state index contributed by atoms with van der Waals surface area (Å²) in [5.74, 6) is 1.45. The minimum absolute atomic E-state index is 0.344. The number of para-hydroxylation sites is 1. The van der Waals surface area contributed by atoms with Crippen LogP contribution in [0.1, 0.15) is 6.92 Å². The molecule has 1 aliphatic heterocycles. The van der Waals surface area contributed by atoms with Gasteiger partial charge in [0.1, 0.15) is 19.8 Å². The van der Waals surface area contributed by atoms with Crippen molar-refractivity contribution in [2.45, 2.75) is 11.8 Å². The number of anilines is 2. The van der Waals surface area contributed by atoms with E-state index in [1.54, 1.807) is 36.0 Å². The second-order valence-corrected chi connectivity index (χ2v) is 9.29. The molecule has 28 heavy (non-hydrogen) atoms. The number of fused-ring (bicyclic) bond motifs is 1. The predicted molar refractivity (Wildman–Crippen MR) is 111 cm³/mol. The molecule has 1 amide bonds. The third-order valence-electron chi connectivity index (χ3n) is 3.96. The number of sulfonamides is 1. The Bertz CT molecular complexity index is 963. The van der Waals surface area contributed by atoms with Gasteiger partial charge in [0.2, 0.25) is 15.9 Å². The molecule has 0 atom stereocenters. The number of ether oxygens (including phenoxy) is 2. The fourth-order valence-electron chi connectivity index (χ4n) is 2.76. The average molecular weight is 423 g/mol. The van der Waals surface area contributed by atoms with Gasteiger partial charge in [-0.25, -0.2) is 8.42 Å². The third-order valence-corrected chi connectivity index (χ3v) is 6.06. The Balaban J connectivity index is 1.81. The molecule has 0 bridgehead atoms. The Kier molecular flexibility index (Phi) is 6.35. The minimum Gasteiger partial charge on any atom is -0.486 e. The average Bonchev–Trinajstić information content (AvgIpc) is 2.66. The highest BCUT2D eigenvalue weighted by atomic mass is 32.2. The summed E-state index contributed by atoms with van der Waals surface area (Å²) < 4.78 is 36.7. The van der Waals surface area contributed by atoms with Crippen molar-refractivity contribution < 1.29 is 22.7 Å². The quantitative estimate of drug-likeness (QED) is 0.691. The van der Waals surface area contributed by atoms with Gasteiger partial charge in [0.25, 0.3) is 0 Å². The number of benzene rings is 2. The van der Waals surface area contributed by atoms with Crippen LogP contribution in [0.3, 0.4) is 0 Å². The number of nitrogens with zero attached hydrogens (tertiary/aromatic N) is 1. The Morgan fingerprint density at radius 1 is 1.14 bits per heavy atom. The normalized spacial score (nSPS) is 13.1. The van der Waals surface area contributed by atoms with Crippen molar-refractivity contribution in [2.24, 2.45) is 0 Å². The van der Waals surface area contributed by atoms with Gasteiger partial charge in [-0.15, -0.1) is 11.8 Å². The second kappa shape index (κ2) is 8.74. The maximum absolute atomic E-state index is 12.6. The van der Waals surface area contributed by atoms with Crippen molar-refractivity contribution in [2.75, 3.05) is 41.4 Å². The summed E-state index contributed by atoms with van der Waals surface area (Å²) >= 11 is 1.60. The maximum Gasteiger partial charge on any atom is 0.245 e.